The zero-order valence-electron chi connectivity index (χ0n) is 15.3. The van der Waals surface area contributed by atoms with E-state index in [0.717, 1.165) is 0 Å². The second kappa shape index (κ2) is 9.79. The van der Waals surface area contributed by atoms with Crippen LogP contribution >= 0.6 is 11.6 Å². The summed E-state index contributed by atoms with van der Waals surface area (Å²) in [6.45, 7) is 0.525. The van der Waals surface area contributed by atoms with E-state index in [1.54, 1.807) is 36.4 Å². The number of nitrogens with one attached hydrogen (secondary N) is 2. The van der Waals surface area contributed by atoms with Crippen LogP contribution in [0.4, 0.5) is 4.39 Å². The molecule has 0 aliphatic carbocycles. The number of hydrogen-bond acceptors (Lipinski definition) is 5. The van der Waals surface area contributed by atoms with Gasteiger partial charge in [0.05, 0.1) is 0 Å². The SMILES string of the molecule is O=C(CCNC(=O)c1ccc(Cl)cc1)NCCc1nc(-c2ccc(F)cc2)no1. The molecule has 29 heavy (non-hydrogen) atoms. The molecule has 0 spiro atoms. The van der Waals surface area contributed by atoms with Crippen LogP contribution in [-0.4, -0.2) is 35.0 Å². The highest BCUT2D eigenvalue weighted by atomic mass is 35.5. The third-order valence-electron chi connectivity index (χ3n) is 3.98. The summed E-state index contributed by atoms with van der Waals surface area (Å²) in [5.41, 5.74) is 1.12. The van der Waals surface area contributed by atoms with Crippen molar-refractivity contribution in [2.24, 2.45) is 0 Å². The maximum absolute atomic E-state index is 13.0. The first-order chi connectivity index (χ1) is 14.0. The average molecular weight is 417 g/mol. The molecular formula is C20H18ClFN4O3. The standard InChI is InChI=1S/C20H18ClFN4O3/c21-15-5-1-14(2-6-15)20(28)24-11-9-17(27)23-12-10-18-25-19(26-29-18)13-3-7-16(22)8-4-13/h1-8H,9-12H2,(H,23,27)(H,24,28). The second-order valence-electron chi connectivity index (χ2n) is 6.13. The number of nitrogens with zero attached hydrogens (tertiary/aromatic N) is 2. The van der Waals surface area contributed by atoms with Crippen molar-refractivity contribution in [2.45, 2.75) is 12.8 Å². The van der Waals surface area contributed by atoms with Crippen LogP contribution in [-0.2, 0) is 11.2 Å². The number of carbonyl (C=O) groups is 2. The molecule has 7 nitrogen and oxygen atoms in total. The Hall–Kier alpha value is -3.26. The van der Waals surface area contributed by atoms with Gasteiger partial charge in [0.15, 0.2) is 0 Å². The molecule has 3 rings (SSSR count). The van der Waals surface area contributed by atoms with Gasteiger partial charge in [0, 0.05) is 42.1 Å². The molecule has 0 aliphatic rings. The fourth-order valence-corrected chi connectivity index (χ4v) is 2.59. The summed E-state index contributed by atoms with van der Waals surface area (Å²) < 4.78 is 18.1. The van der Waals surface area contributed by atoms with Gasteiger partial charge in [-0.2, -0.15) is 4.98 Å². The predicted molar refractivity (Wildman–Crippen MR) is 105 cm³/mol. The number of rotatable bonds is 8. The Morgan fingerprint density at radius 3 is 2.45 bits per heavy atom. The molecule has 0 saturated heterocycles. The molecule has 0 saturated carbocycles. The predicted octanol–water partition coefficient (Wildman–Crippen LogP) is 3.01. The highest BCUT2D eigenvalue weighted by molar-refractivity contribution is 6.30. The van der Waals surface area contributed by atoms with Crippen molar-refractivity contribution in [3.63, 3.8) is 0 Å². The summed E-state index contributed by atoms with van der Waals surface area (Å²) in [4.78, 5) is 28.0. The van der Waals surface area contributed by atoms with E-state index in [9.17, 15) is 14.0 Å². The molecule has 0 unspecified atom stereocenters. The van der Waals surface area contributed by atoms with E-state index in [0.29, 0.717) is 40.8 Å². The molecule has 0 radical (unpaired) electrons. The fourth-order valence-electron chi connectivity index (χ4n) is 2.46. The van der Waals surface area contributed by atoms with Crippen LogP contribution in [0.2, 0.25) is 5.02 Å². The molecule has 0 bridgehead atoms. The van der Waals surface area contributed by atoms with Crippen LogP contribution < -0.4 is 10.6 Å². The van der Waals surface area contributed by atoms with E-state index in [2.05, 4.69) is 20.8 Å². The topological polar surface area (TPSA) is 97.1 Å². The fraction of sp³-hybridized carbons (Fsp3) is 0.200. The molecule has 9 heteroatoms. The molecule has 0 aliphatic heterocycles. The Balaban J connectivity index is 1.36. The van der Waals surface area contributed by atoms with Gasteiger partial charge in [-0.3, -0.25) is 9.59 Å². The molecule has 0 atom stereocenters. The first-order valence-electron chi connectivity index (χ1n) is 8.90. The summed E-state index contributed by atoms with van der Waals surface area (Å²) in [5.74, 6) is -0.102. The van der Waals surface area contributed by atoms with Crippen molar-refractivity contribution in [1.82, 2.24) is 20.8 Å². The minimum atomic E-state index is -0.343. The molecule has 2 N–H and O–H groups in total. The summed E-state index contributed by atoms with van der Waals surface area (Å²) >= 11 is 5.78. The molecule has 0 fully saturated rings. The average Bonchev–Trinajstić information content (AvgIpc) is 3.18. The Labute approximate surface area is 171 Å². The minimum Gasteiger partial charge on any atom is -0.356 e. The maximum atomic E-state index is 13.0. The van der Waals surface area contributed by atoms with Gasteiger partial charge in [0.25, 0.3) is 5.91 Å². The van der Waals surface area contributed by atoms with Gasteiger partial charge < -0.3 is 15.2 Å². The highest BCUT2D eigenvalue weighted by Crippen LogP contribution is 2.16. The Morgan fingerprint density at radius 1 is 1.00 bits per heavy atom. The summed E-state index contributed by atoms with van der Waals surface area (Å²) in [6.07, 6.45) is 0.501. The summed E-state index contributed by atoms with van der Waals surface area (Å²) in [6, 6.07) is 12.2. The number of amides is 2. The maximum Gasteiger partial charge on any atom is 0.251 e. The smallest absolute Gasteiger partial charge is 0.251 e. The normalized spacial score (nSPS) is 10.6. The summed E-state index contributed by atoms with van der Waals surface area (Å²) in [5, 5.41) is 9.78. The molecule has 3 aromatic rings. The van der Waals surface area contributed by atoms with Crippen LogP contribution in [0.25, 0.3) is 11.4 Å². The first kappa shape index (κ1) is 20.5. The summed E-state index contributed by atoms with van der Waals surface area (Å²) in [7, 11) is 0. The zero-order valence-corrected chi connectivity index (χ0v) is 16.1. The number of carbonyl (C=O) groups excluding carboxylic acids is 2. The van der Waals surface area contributed by atoms with Crippen LogP contribution in [0.15, 0.2) is 53.1 Å². The minimum absolute atomic E-state index is 0.143. The van der Waals surface area contributed by atoms with E-state index in [1.807, 2.05) is 0 Å². The lowest BCUT2D eigenvalue weighted by Gasteiger charge is -2.06. The van der Waals surface area contributed by atoms with E-state index in [4.69, 9.17) is 16.1 Å². The lowest BCUT2D eigenvalue weighted by molar-refractivity contribution is -0.120. The number of hydrogen-bond donors (Lipinski definition) is 2. The third-order valence-corrected chi connectivity index (χ3v) is 4.23. The van der Waals surface area contributed by atoms with Crippen molar-refractivity contribution in [1.29, 1.82) is 0 Å². The number of benzene rings is 2. The Bertz CT molecular complexity index is 974. The van der Waals surface area contributed by atoms with Gasteiger partial charge in [-0.25, -0.2) is 4.39 Å². The number of aromatic nitrogens is 2. The van der Waals surface area contributed by atoms with Gasteiger partial charge in [-0.05, 0) is 48.5 Å². The van der Waals surface area contributed by atoms with Gasteiger partial charge in [0.2, 0.25) is 17.6 Å². The van der Waals surface area contributed by atoms with Crippen molar-refractivity contribution in [3.05, 3.63) is 70.8 Å². The lowest BCUT2D eigenvalue weighted by Crippen LogP contribution is -2.31. The highest BCUT2D eigenvalue weighted by Gasteiger charge is 2.10. The molecule has 2 aromatic carbocycles. The molecule has 150 valence electrons. The van der Waals surface area contributed by atoms with Crippen molar-refractivity contribution in [3.8, 4) is 11.4 Å². The molecule has 2 amide bonds. The molecular weight excluding hydrogens is 399 g/mol. The first-order valence-corrected chi connectivity index (χ1v) is 9.28. The van der Waals surface area contributed by atoms with Gasteiger partial charge in [-0.1, -0.05) is 16.8 Å². The number of halogens is 2. The van der Waals surface area contributed by atoms with Gasteiger partial charge in [-0.15, -0.1) is 0 Å². The molecule has 1 heterocycles. The van der Waals surface area contributed by atoms with Crippen LogP contribution in [0.5, 0.6) is 0 Å². The Kier molecular flexibility index (Phi) is 6.91. The van der Waals surface area contributed by atoms with Crippen molar-refractivity contribution >= 4 is 23.4 Å². The lowest BCUT2D eigenvalue weighted by atomic mass is 10.2. The van der Waals surface area contributed by atoms with Crippen molar-refractivity contribution < 1.29 is 18.5 Å². The van der Waals surface area contributed by atoms with Gasteiger partial charge in [0.1, 0.15) is 5.82 Å². The quantitative estimate of drug-likeness (QED) is 0.588. The van der Waals surface area contributed by atoms with E-state index < -0.39 is 0 Å². The van der Waals surface area contributed by atoms with Crippen LogP contribution in [0.1, 0.15) is 22.7 Å². The van der Waals surface area contributed by atoms with Crippen LogP contribution in [0.3, 0.4) is 0 Å². The van der Waals surface area contributed by atoms with Crippen molar-refractivity contribution in [2.75, 3.05) is 13.1 Å². The monoisotopic (exact) mass is 416 g/mol. The van der Waals surface area contributed by atoms with Gasteiger partial charge >= 0.3 is 0 Å². The van der Waals surface area contributed by atoms with E-state index in [1.165, 1.54) is 12.1 Å². The van der Waals surface area contributed by atoms with Crippen LogP contribution in [0, 0.1) is 5.82 Å². The molecule has 1 aromatic heterocycles. The third kappa shape index (κ3) is 6.11. The van der Waals surface area contributed by atoms with E-state index in [-0.39, 0.29) is 30.6 Å². The Morgan fingerprint density at radius 2 is 1.72 bits per heavy atom. The second-order valence-corrected chi connectivity index (χ2v) is 6.57. The zero-order chi connectivity index (χ0) is 20.6. The van der Waals surface area contributed by atoms with E-state index >= 15 is 0 Å². The largest absolute Gasteiger partial charge is 0.356 e.